The van der Waals surface area contributed by atoms with Crippen molar-refractivity contribution in [3.8, 4) is 0 Å². The third kappa shape index (κ3) is 3.77. The van der Waals surface area contributed by atoms with Gasteiger partial charge in [0.05, 0.1) is 16.8 Å². The number of hydrogen-bond acceptors (Lipinski definition) is 4. The number of allylic oxidation sites excluding steroid dienone is 1. The minimum atomic E-state index is -0.426. The highest BCUT2D eigenvalue weighted by atomic mass is 79.9. The number of benzene rings is 2. The normalized spacial score (nSPS) is 15.4. The number of nitrogens with zero attached hydrogens (tertiary/aromatic N) is 2. The minimum absolute atomic E-state index is 0.0911. The summed E-state index contributed by atoms with van der Waals surface area (Å²) in [5.41, 5.74) is 7.12. The molecule has 2 heterocycles. The summed E-state index contributed by atoms with van der Waals surface area (Å²) in [5, 5.41) is 5.48. The van der Waals surface area contributed by atoms with Crippen molar-refractivity contribution >= 4 is 61.9 Å². The molecule has 0 radical (unpaired) electrons. The first-order valence-electron chi connectivity index (χ1n) is 9.45. The van der Waals surface area contributed by atoms with Crippen LogP contribution in [0.5, 0.6) is 0 Å². The van der Waals surface area contributed by atoms with E-state index in [2.05, 4.69) is 65.3 Å². The van der Waals surface area contributed by atoms with Crippen LogP contribution >= 0.6 is 27.5 Å². The van der Waals surface area contributed by atoms with Crippen LogP contribution in [-0.4, -0.2) is 24.7 Å². The van der Waals surface area contributed by atoms with Gasteiger partial charge in [0.2, 0.25) is 0 Å². The largest absolute Gasteiger partial charge is 0.451 e. The number of nitrogens with one attached hydrogen (secondary N) is 1. The third-order valence-electron chi connectivity index (χ3n) is 5.41. The number of carbonyl (C=O) groups excluding carboxylic acids is 1. The van der Waals surface area contributed by atoms with Gasteiger partial charge in [0.15, 0.2) is 5.76 Å². The van der Waals surface area contributed by atoms with E-state index in [1.807, 2.05) is 24.3 Å². The fraction of sp³-hybridized carbons (Fsp3) is 0.217. The maximum Gasteiger partial charge on any atom is 0.307 e. The van der Waals surface area contributed by atoms with Gasteiger partial charge < -0.3 is 9.32 Å². The van der Waals surface area contributed by atoms with E-state index in [-0.39, 0.29) is 11.3 Å². The molecule has 0 spiro atoms. The topological polar surface area (TPSA) is 57.8 Å². The number of carbonyl (C=O) groups is 1. The predicted octanol–water partition coefficient (Wildman–Crippen LogP) is 6.24. The number of furan rings is 1. The van der Waals surface area contributed by atoms with Crippen LogP contribution in [0.15, 0.2) is 56.5 Å². The minimum Gasteiger partial charge on any atom is -0.451 e. The summed E-state index contributed by atoms with van der Waals surface area (Å²) in [6.45, 7) is 6.41. The Bertz CT molecular complexity index is 1230. The summed E-state index contributed by atoms with van der Waals surface area (Å²) >= 11 is 9.90. The molecule has 0 bridgehead atoms. The monoisotopic (exact) mass is 485 g/mol. The molecule has 5 nitrogen and oxygen atoms in total. The quantitative estimate of drug-likeness (QED) is 0.352. The molecule has 1 aromatic heterocycles. The van der Waals surface area contributed by atoms with Gasteiger partial charge in [-0.3, -0.25) is 4.79 Å². The molecule has 1 aliphatic heterocycles. The summed E-state index contributed by atoms with van der Waals surface area (Å²) in [6.07, 6.45) is 3.78. The summed E-state index contributed by atoms with van der Waals surface area (Å²) in [4.78, 5) is 14.6. The summed E-state index contributed by atoms with van der Waals surface area (Å²) in [6, 6.07) is 11.2. The molecule has 7 heteroatoms. The molecule has 154 valence electrons. The van der Waals surface area contributed by atoms with Gasteiger partial charge in [0.1, 0.15) is 5.58 Å². The second kappa shape index (κ2) is 7.60. The number of halogens is 2. The van der Waals surface area contributed by atoms with Gasteiger partial charge in [0, 0.05) is 33.7 Å². The molecule has 0 unspecified atom stereocenters. The molecule has 1 amide bonds. The van der Waals surface area contributed by atoms with Crippen molar-refractivity contribution in [1.29, 1.82) is 0 Å². The first-order chi connectivity index (χ1) is 14.2. The van der Waals surface area contributed by atoms with Crippen LogP contribution in [0.25, 0.3) is 16.5 Å². The zero-order chi connectivity index (χ0) is 21.6. The molecule has 1 N–H and O–H groups in total. The van der Waals surface area contributed by atoms with E-state index in [0.717, 1.165) is 26.7 Å². The highest BCUT2D eigenvalue weighted by Gasteiger charge is 2.29. The fourth-order valence-corrected chi connectivity index (χ4v) is 4.21. The molecule has 30 heavy (non-hydrogen) atoms. The van der Waals surface area contributed by atoms with Crippen LogP contribution in [0.2, 0.25) is 5.02 Å². The molecule has 0 saturated heterocycles. The molecule has 0 atom stereocenters. The smallest absolute Gasteiger partial charge is 0.307 e. The van der Waals surface area contributed by atoms with Gasteiger partial charge in [0.25, 0.3) is 0 Å². The lowest BCUT2D eigenvalue weighted by Gasteiger charge is -2.40. The van der Waals surface area contributed by atoms with Crippen LogP contribution in [-0.2, 0) is 0 Å². The van der Waals surface area contributed by atoms with Crippen LogP contribution in [0.4, 0.5) is 5.69 Å². The van der Waals surface area contributed by atoms with E-state index >= 15 is 0 Å². The standard InChI is InChI=1S/C23H21BrClN3O2/c1-13-11-23(2,3)28(4)19-10-18(25)15(8-17(13)19)12-26-27-22(29)21-9-14-7-16(24)5-6-20(14)30-21/h5-12H,1-4H3,(H,27,29)/b26-12+. The van der Waals surface area contributed by atoms with Gasteiger partial charge >= 0.3 is 5.91 Å². The van der Waals surface area contributed by atoms with Crippen molar-refractivity contribution in [3.63, 3.8) is 0 Å². The summed E-state index contributed by atoms with van der Waals surface area (Å²) in [5.74, 6) is -0.232. The number of amides is 1. The SMILES string of the molecule is CC1=CC(C)(C)N(C)c2cc(Cl)c(/C=N/NC(=O)c3cc4cc(Br)ccc4o3)cc21. The van der Waals surface area contributed by atoms with Gasteiger partial charge in [-0.25, -0.2) is 5.43 Å². The lowest BCUT2D eigenvalue weighted by atomic mass is 9.88. The van der Waals surface area contributed by atoms with E-state index in [4.69, 9.17) is 16.0 Å². The average Bonchev–Trinajstić information content (AvgIpc) is 3.10. The third-order valence-corrected chi connectivity index (χ3v) is 6.23. The van der Waals surface area contributed by atoms with Crippen molar-refractivity contribution in [3.05, 3.63) is 68.9 Å². The van der Waals surface area contributed by atoms with Crippen LogP contribution in [0.3, 0.4) is 0 Å². The molecule has 2 aromatic carbocycles. The second-order valence-corrected chi connectivity index (χ2v) is 9.25. The van der Waals surface area contributed by atoms with E-state index in [9.17, 15) is 4.79 Å². The van der Waals surface area contributed by atoms with E-state index in [1.165, 1.54) is 5.57 Å². The molecule has 0 fully saturated rings. The van der Waals surface area contributed by atoms with E-state index < -0.39 is 5.91 Å². The number of hydrazone groups is 1. The Kier molecular flexibility index (Phi) is 5.24. The summed E-state index contributed by atoms with van der Waals surface area (Å²) < 4.78 is 6.50. The maximum atomic E-state index is 12.4. The molecule has 3 aromatic rings. The Labute approximate surface area is 188 Å². The number of fused-ring (bicyclic) bond motifs is 2. The predicted molar refractivity (Wildman–Crippen MR) is 127 cm³/mol. The lowest BCUT2D eigenvalue weighted by Crippen LogP contribution is -2.42. The van der Waals surface area contributed by atoms with Crippen molar-refractivity contribution < 1.29 is 9.21 Å². The zero-order valence-corrected chi connectivity index (χ0v) is 19.4. The number of anilines is 1. The fourth-order valence-electron chi connectivity index (χ4n) is 3.63. The van der Waals surface area contributed by atoms with Crippen molar-refractivity contribution in [2.24, 2.45) is 5.10 Å². The molecule has 1 aliphatic rings. The van der Waals surface area contributed by atoms with E-state index in [0.29, 0.717) is 10.6 Å². The number of hydrogen-bond donors (Lipinski definition) is 1. The Morgan fingerprint density at radius 3 is 2.80 bits per heavy atom. The van der Waals surface area contributed by atoms with Gasteiger partial charge in [-0.2, -0.15) is 5.10 Å². The van der Waals surface area contributed by atoms with Gasteiger partial charge in [-0.15, -0.1) is 0 Å². The Morgan fingerprint density at radius 1 is 1.27 bits per heavy atom. The highest BCUT2D eigenvalue weighted by Crippen LogP contribution is 2.40. The number of rotatable bonds is 3. The van der Waals surface area contributed by atoms with E-state index in [1.54, 1.807) is 18.3 Å². The first-order valence-corrected chi connectivity index (χ1v) is 10.6. The number of likely N-dealkylation sites (N-methyl/N-ethyl adjacent to an activating group) is 1. The lowest BCUT2D eigenvalue weighted by molar-refractivity contribution is 0.0929. The van der Waals surface area contributed by atoms with Crippen LogP contribution in [0, 0.1) is 0 Å². The van der Waals surface area contributed by atoms with Gasteiger partial charge in [-0.05, 0) is 62.7 Å². The molecule has 0 saturated carbocycles. The van der Waals surface area contributed by atoms with Crippen molar-refractivity contribution in [2.75, 3.05) is 11.9 Å². The Hall–Kier alpha value is -2.57. The van der Waals surface area contributed by atoms with Crippen molar-refractivity contribution in [1.82, 2.24) is 5.43 Å². The molecule has 4 rings (SSSR count). The molecular formula is C23H21BrClN3O2. The van der Waals surface area contributed by atoms with Crippen LogP contribution < -0.4 is 10.3 Å². The molecule has 0 aliphatic carbocycles. The first kappa shape index (κ1) is 20.7. The second-order valence-electron chi connectivity index (χ2n) is 7.92. The summed E-state index contributed by atoms with van der Waals surface area (Å²) in [7, 11) is 2.05. The maximum absolute atomic E-state index is 12.4. The highest BCUT2D eigenvalue weighted by molar-refractivity contribution is 9.10. The Balaban J connectivity index is 1.55. The van der Waals surface area contributed by atoms with Crippen molar-refractivity contribution in [2.45, 2.75) is 26.3 Å². The Morgan fingerprint density at radius 2 is 2.03 bits per heavy atom. The molecular weight excluding hydrogens is 466 g/mol. The van der Waals surface area contributed by atoms with Crippen LogP contribution in [0.1, 0.15) is 42.5 Å². The van der Waals surface area contributed by atoms with Gasteiger partial charge in [-0.1, -0.05) is 33.6 Å². The zero-order valence-electron chi connectivity index (χ0n) is 17.1. The average molecular weight is 487 g/mol.